The van der Waals surface area contributed by atoms with Gasteiger partial charge in [0.15, 0.2) is 0 Å². The van der Waals surface area contributed by atoms with Crippen LogP contribution in [-0.4, -0.2) is 12.5 Å². The van der Waals surface area contributed by atoms with Crippen molar-refractivity contribution in [3.63, 3.8) is 0 Å². The van der Waals surface area contributed by atoms with Crippen LogP contribution in [0.4, 0.5) is 0 Å². The summed E-state index contributed by atoms with van der Waals surface area (Å²) in [5, 5.41) is 2.92. The number of benzene rings is 1. The van der Waals surface area contributed by atoms with E-state index in [2.05, 4.69) is 17.4 Å². The fraction of sp³-hybridized carbons (Fsp3) is 0.462. The zero-order valence-electron chi connectivity index (χ0n) is 9.29. The van der Waals surface area contributed by atoms with Crippen molar-refractivity contribution in [1.29, 1.82) is 0 Å². The molecule has 2 fully saturated rings. The summed E-state index contributed by atoms with van der Waals surface area (Å²) in [5.74, 6) is 0.783. The fourth-order valence-electron chi connectivity index (χ4n) is 2.45. The molecule has 1 saturated heterocycles. The summed E-state index contributed by atoms with van der Waals surface area (Å²) >= 11 is 0. The highest BCUT2D eigenvalue weighted by Crippen LogP contribution is 2.56. The Hall–Kier alpha value is -1.31. The lowest BCUT2D eigenvalue weighted by molar-refractivity contribution is -0.122. The van der Waals surface area contributed by atoms with E-state index in [-0.39, 0.29) is 11.3 Å². The van der Waals surface area contributed by atoms with E-state index >= 15 is 0 Å². The van der Waals surface area contributed by atoms with Crippen molar-refractivity contribution < 1.29 is 4.79 Å². The summed E-state index contributed by atoms with van der Waals surface area (Å²) in [5.41, 5.74) is 1.05. The lowest BCUT2D eigenvalue weighted by Gasteiger charge is -2.09. The standard InChI is InChI=1S/C11H11NO.C2H6/c13-10-11(6-9(11)7-12-10)8-4-2-1-3-5-8;1-2/h1-5,9H,6-7H2,(H,12,13);1-2H3. The molecule has 0 bridgehead atoms. The first kappa shape index (κ1) is 10.2. The highest BCUT2D eigenvalue weighted by atomic mass is 16.2. The summed E-state index contributed by atoms with van der Waals surface area (Å²) in [4.78, 5) is 11.6. The lowest BCUT2D eigenvalue weighted by atomic mass is 9.94. The molecule has 15 heavy (non-hydrogen) atoms. The van der Waals surface area contributed by atoms with Gasteiger partial charge >= 0.3 is 0 Å². The van der Waals surface area contributed by atoms with Crippen molar-refractivity contribution in [1.82, 2.24) is 5.32 Å². The summed E-state index contributed by atoms with van der Waals surface area (Å²) in [6.45, 7) is 4.87. The maximum absolute atomic E-state index is 11.6. The topological polar surface area (TPSA) is 29.1 Å². The van der Waals surface area contributed by atoms with Gasteiger partial charge in [0.2, 0.25) is 5.91 Å². The van der Waals surface area contributed by atoms with Gasteiger partial charge in [-0.1, -0.05) is 44.2 Å². The molecule has 1 aromatic rings. The Bertz CT molecular complexity index is 360. The average Bonchev–Trinajstić information content (AvgIpc) is 2.98. The van der Waals surface area contributed by atoms with Crippen LogP contribution in [0.15, 0.2) is 30.3 Å². The maximum atomic E-state index is 11.6. The molecule has 0 spiro atoms. The Morgan fingerprint density at radius 3 is 2.40 bits per heavy atom. The number of fused-ring (bicyclic) bond motifs is 1. The Morgan fingerprint density at radius 1 is 1.27 bits per heavy atom. The molecule has 80 valence electrons. The predicted molar refractivity (Wildman–Crippen MR) is 60.6 cm³/mol. The third kappa shape index (κ3) is 1.36. The van der Waals surface area contributed by atoms with Gasteiger partial charge in [-0.05, 0) is 17.9 Å². The van der Waals surface area contributed by atoms with E-state index < -0.39 is 0 Å². The smallest absolute Gasteiger partial charge is 0.231 e. The maximum Gasteiger partial charge on any atom is 0.231 e. The third-order valence-electron chi connectivity index (χ3n) is 3.31. The number of nitrogens with one attached hydrogen (secondary N) is 1. The molecule has 0 aromatic heterocycles. The molecule has 1 aliphatic carbocycles. The molecule has 1 N–H and O–H groups in total. The van der Waals surface area contributed by atoms with Crippen molar-refractivity contribution >= 4 is 5.91 Å². The van der Waals surface area contributed by atoms with Crippen LogP contribution in [0, 0.1) is 5.92 Å². The summed E-state index contributed by atoms with van der Waals surface area (Å²) in [6.07, 6.45) is 1.04. The molecule has 2 heteroatoms. The molecule has 2 aliphatic rings. The number of hydrogen-bond donors (Lipinski definition) is 1. The summed E-state index contributed by atoms with van der Waals surface area (Å²) < 4.78 is 0. The number of carbonyl (C=O) groups excluding carboxylic acids is 1. The van der Waals surface area contributed by atoms with Gasteiger partial charge in [0.05, 0.1) is 5.41 Å². The van der Waals surface area contributed by atoms with Crippen molar-refractivity contribution in [2.24, 2.45) is 5.92 Å². The van der Waals surface area contributed by atoms with Gasteiger partial charge in [-0.3, -0.25) is 4.79 Å². The zero-order chi connectivity index (χ0) is 10.9. The highest BCUT2D eigenvalue weighted by Gasteiger charge is 2.64. The van der Waals surface area contributed by atoms with Crippen LogP contribution in [0.1, 0.15) is 25.8 Å². The first-order valence-electron chi connectivity index (χ1n) is 5.68. The molecule has 2 atom stereocenters. The highest BCUT2D eigenvalue weighted by molar-refractivity contribution is 5.94. The zero-order valence-corrected chi connectivity index (χ0v) is 9.29. The van der Waals surface area contributed by atoms with E-state index in [4.69, 9.17) is 0 Å². The second kappa shape index (κ2) is 3.69. The van der Waals surface area contributed by atoms with Crippen LogP contribution in [0.25, 0.3) is 0 Å². The molecule has 1 amide bonds. The number of rotatable bonds is 1. The second-order valence-corrected chi connectivity index (χ2v) is 3.95. The second-order valence-electron chi connectivity index (χ2n) is 3.95. The molecule has 1 aliphatic heterocycles. The Balaban J connectivity index is 0.000000404. The molecular weight excluding hydrogens is 186 g/mol. The van der Waals surface area contributed by atoms with Gasteiger partial charge in [-0.15, -0.1) is 0 Å². The minimum Gasteiger partial charge on any atom is -0.355 e. The number of piperidine rings is 1. The molecule has 3 rings (SSSR count). The van der Waals surface area contributed by atoms with Crippen LogP contribution in [0.2, 0.25) is 0 Å². The van der Waals surface area contributed by atoms with E-state index in [9.17, 15) is 4.79 Å². The molecule has 1 aromatic carbocycles. The number of amides is 1. The summed E-state index contributed by atoms with van der Waals surface area (Å²) in [6, 6.07) is 10.1. The first-order valence-corrected chi connectivity index (χ1v) is 5.68. The van der Waals surface area contributed by atoms with Gasteiger partial charge in [-0.25, -0.2) is 0 Å². The number of hydrogen-bond acceptors (Lipinski definition) is 1. The Morgan fingerprint density at radius 2 is 1.93 bits per heavy atom. The van der Waals surface area contributed by atoms with Crippen LogP contribution in [0.3, 0.4) is 0 Å². The van der Waals surface area contributed by atoms with Crippen molar-refractivity contribution in [3.8, 4) is 0 Å². The third-order valence-corrected chi connectivity index (χ3v) is 3.31. The summed E-state index contributed by atoms with van der Waals surface area (Å²) in [7, 11) is 0. The van der Waals surface area contributed by atoms with Gasteiger partial charge in [0.25, 0.3) is 0 Å². The van der Waals surface area contributed by atoms with Crippen molar-refractivity contribution in [3.05, 3.63) is 35.9 Å². The van der Waals surface area contributed by atoms with Crippen molar-refractivity contribution in [2.45, 2.75) is 25.7 Å². The van der Waals surface area contributed by atoms with Gasteiger partial charge in [0.1, 0.15) is 0 Å². The Labute approximate surface area is 90.7 Å². The average molecular weight is 203 g/mol. The lowest BCUT2D eigenvalue weighted by Crippen LogP contribution is -2.27. The molecular formula is C13H17NO. The van der Waals surface area contributed by atoms with Gasteiger partial charge < -0.3 is 5.32 Å². The van der Waals surface area contributed by atoms with E-state index in [1.807, 2.05) is 32.0 Å². The minimum atomic E-state index is -0.138. The fourth-order valence-corrected chi connectivity index (χ4v) is 2.45. The van der Waals surface area contributed by atoms with Gasteiger partial charge in [0, 0.05) is 6.54 Å². The van der Waals surface area contributed by atoms with E-state index in [1.54, 1.807) is 0 Å². The van der Waals surface area contributed by atoms with E-state index in [0.29, 0.717) is 5.92 Å². The van der Waals surface area contributed by atoms with Crippen LogP contribution < -0.4 is 5.32 Å². The SMILES string of the molecule is CC.O=C1NCC2CC12c1ccccc1. The monoisotopic (exact) mass is 203 g/mol. The Kier molecular flexibility index (Phi) is 2.51. The van der Waals surface area contributed by atoms with E-state index in [0.717, 1.165) is 13.0 Å². The van der Waals surface area contributed by atoms with E-state index in [1.165, 1.54) is 5.56 Å². The van der Waals surface area contributed by atoms with Crippen LogP contribution in [-0.2, 0) is 10.2 Å². The van der Waals surface area contributed by atoms with Crippen molar-refractivity contribution in [2.75, 3.05) is 6.54 Å². The predicted octanol–water partition coefficient (Wildman–Crippen LogP) is 2.10. The van der Waals surface area contributed by atoms with Crippen LogP contribution in [0.5, 0.6) is 0 Å². The van der Waals surface area contributed by atoms with Crippen LogP contribution >= 0.6 is 0 Å². The molecule has 2 nitrogen and oxygen atoms in total. The molecule has 0 radical (unpaired) electrons. The molecule has 2 unspecified atom stereocenters. The number of carbonyl (C=O) groups is 1. The largest absolute Gasteiger partial charge is 0.355 e. The molecule has 1 saturated carbocycles. The normalized spacial score (nSPS) is 31.1. The molecule has 1 heterocycles. The minimum absolute atomic E-state index is 0.138. The first-order chi connectivity index (χ1) is 7.34. The van der Waals surface area contributed by atoms with Gasteiger partial charge in [-0.2, -0.15) is 0 Å². The quantitative estimate of drug-likeness (QED) is 0.744.